The van der Waals surface area contributed by atoms with Crippen molar-refractivity contribution in [3.8, 4) is 5.75 Å². The summed E-state index contributed by atoms with van der Waals surface area (Å²) in [4.78, 5) is 12.5. The number of amides is 1. The van der Waals surface area contributed by atoms with Gasteiger partial charge in [-0.3, -0.25) is 9.10 Å². The molecule has 11 heteroatoms. The van der Waals surface area contributed by atoms with Gasteiger partial charge in [0, 0.05) is 5.69 Å². The first kappa shape index (κ1) is 25.0. The smallest absolute Gasteiger partial charge is 0.416 e. The Kier molecular flexibility index (Phi) is 7.45. The van der Waals surface area contributed by atoms with E-state index in [1.54, 1.807) is 6.92 Å². The van der Waals surface area contributed by atoms with Crippen molar-refractivity contribution in [1.82, 2.24) is 0 Å². The van der Waals surface area contributed by atoms with Gasteiger partial charge in [0.05, 0.1) is 22.8 Å². The van der Waals surface area contributed by atoms with Gasteiger partial charge in [0.25, 0.3) is 10.0 Å². The summed E-state index contributed by atoms with van der Waals surface area (Å²) in [6.07, 6.45) is -4.61. The van der Waals surface area contributed by atoms with E-state index in [4.69, 9.17) is 4.74 Å². The number of benzene rings is 3. The first-order valence-corrected chi connectivity index (χ1v) is 11.4. The highest BCUT2D eigenvalue weighted by molar-refractivity contribution is 7.92. The Bertz CT molecular complexity index is 1250. The predicted molar refractivity (Wildman–Crippen MR) is 119 cm³/mol. The minimum Gasteiger partial charge on any atom is -0.494 e. The average molecular weight is 496 g/mol. The monoisotopic (exact) mass is 496 g/mol. The Morgan fingerprint density at radius 1 is 1.00 bits per heavy atom. The summed E-state index contributed by atoms with van der Waals surface area (Å²) in [5, 5.41) is 2.28. The number of carbonyl (C=O) groups is 1. The Hall–Kier alpha value is -3.60. The second kappa shape index (κ2) is 10.1. The second-order valence-electron chi connectivity index (χ2n) is 7.02. The fourth-order valence-corrected chi connectivity index (χ4v) is 4.45. The zero-order valence-corrected chi connectivity index (χ0v) is 18.7. The van der Waals surface area contributed by atoms with Gasteiger partial charge in [-0.2, -0.15) is 13.2 Å². The second-order valence-corrected chi connectivity index (χ2v) is 8.88. The minimum atomic E-state index is -4.61. The van der Waals surface area contributed by atoms with Crippen LogP contribution in [0, 0.1) is 5.82 Å². The molecule has 3 aromatic carbocycles. The third-order valence-electron chi connectivity index (χ3n) is 4.60. The molecule has 3 aromatic rings. The van der Waals surface area contributed by atoms with E-state index >= 15 is 0 Å². The van der Waals surface area contributed by atoms with Crippen molar-refractivity contribution >= 4 is 27.3 Å². The van der Waals surface area contributed by atoms with Crippen molar-refractivity contribution in [2.45, 2.75) is 18.0 Å². The largest absolute Gasteiger partial charge is 0.494 e. The van der Waals surface area contributed by atoms with E-state index in [-0.39, 0.29) is 16.3 Å². The van der Waals surface area contributed by atoms with Gasteiger partial charge in [-0.25, -0.2) is 12.8 Å². The molecule has 0 saturated heterocycles. The van der Waals surface area contributed by atoms with E-state index in [9.17, 15) is 30.8 Å². The molecule has 0 aliphatic rings. The molecule has 0 aliphatic carbocycles. The number of hydrogen-bond donors (Lipinski definition) is 1. The molecule has 0 fully saturated rings. The number of sulfonamides is 1. The van der Waals surface area contributed by atoms with Crippen molar-refractivity contribution in [2.24, 2.45) is 0 Å². The highest BCUT2D eigenvalue weighted by Crippen LogP contribution is 2.31. The predicted octanol–water partition coefficient (Wildman–Crippen LogP) is 5.08. The molecule has 34 heavy (non-hydrogen) atoms. The summed E-state index contributed by atoms with van der Waals surface area (Å²) in [5.41, 5.74) is -1.13. The highest BCUT2D eigenvalue weighted by atomic mass is 32.2. The summed E-state index contributed by atoms with van der Waals surface area (Å²) in [7, 11) is -4.30. The van der Waals surface area contributed by atoms with Crippen molar-refractivity contribution in [3.63, 3.8) is 0 Å². The van der Waals surface area contributed by atoms with Crippen LogP contribution in [-0.2, 0) is 21.0 Å². The fourth-order valence-electron chi connectivity index (χ4n) is 3.03. The molecule has 0 radical (unpaired) electrons. The molecule has 0 unspecified atom stereocenters. The van der Waals surface area contributed by atoms with E-state index in [2.05, 4.69) is 5.32 Å². The Balaban J connectivity index is 1.91. The molecule has 0 spiro atoms. The van der Waals surface area contributed by atoms with Crippen molar-refractivity contribution in [3.05, 3.63) is 84.2 Å². The minimum absolute atomic E-state index is 0.00511. The topological polar surface area (TPSA) is 75.7 Å². The van der Waals surface area contributed by atoms with E-state index < -0.39 is 40.0 Å². The quantitative estimate of drug-likeness (QED) is 0.442. The molecular formula is C23H20F4N2O4S. The summed E-state index contributed by atoms with van der Waals surface area (Å²) < 4.78 is 85.0. The lowest BCUT2D eigenvalue weighted by atomic mass is 10.2. The summed E-state index contributed by atoms with van der Waals surface area (Å²) >= 11 is 0. The van der Waals surface area contributed by atoms with Crippen LogP contribution in [0.3, 0.4) is 0 Å². The van der Waals surface area contributed by atoms with Crippen LogP contribution in [0.15, 0.2) is 77.7 Å². The Labute approximate surface area is 193 Å². The van der Waals surface area contributed by atoms with E-state index in [0.717, 1.165) is 34.6 Å². The van der Waals surface area contributed by atoms with Crippen LogP contribution in [0.5, 0.6) is 5.75 Å². The molecular weight excluding hydrogens is 476 g/mol. The summed E-state index contributed by atoms with van der Waals surface area (Å²) in [6.45, 7) is 1.38. The number of nitrogens with one attached hydrogen (secondary N) is 1. The maximum absolute atomic E-state index is 13.4. The first-order valence-electron chi connectivity index (χ1n) is 9.99. The molecule has 0 aliphatic heterocycles. The van der Waals surface area contributed by atoms with E-state index in [0.29, 0.717) is 12.4 Å². The number of halogens is 4. The van der Waals surface area contributed by atoms with Gasteiger partial charge >= 0.3 is 6.18 Å². The molecule has 1 N–H and O–H groups in total. The van der Waals surface area contributed by atoms with Gasteiger partial charge < -0.3 is 10.1 Å². The molecule has 180 valence electrons. The van der Waals surface area contributed by atoms with Gasteiger partial charge in [-0.15, -0.1) is 0 Å². The standard InChI is InChI=1S/C23H20F4N2O4S/c1-2-33-20-10-12-21(13-11-20)34(31,32)29(19-8-6-17(24)7-9-19)15-22(30)28-18-5-3-4-16(14-18)23(25,26)27/h3-14H,2,15H2,1H3,(H,28,30). The number of alkyl halides is 3. The zero-order chi connectivity index (χ0) is 24.9. The Morgan fingerprint density at radius 3 is 2.24 bits per heavy atom. The highest BCUT2D eigenvalue weighted by Gasteiger charge is 2.31. The fraction of sp³-hybridized carbons (Fsp3) is 0.174. The maximum Gasteiger partial charge on any atom is 0.416 e. The zero-order valence-electron chi connectivity index (χ0n) is 17.8. The first-order chi connectivity index (χ1) is 16.0. The molecule has 3 rings (SSSR count). The molecule has 0 saturated carbocycles. The average Bonchev–Trinajstić information content (AvgIpc) is 2.78. The third kappa shape index (κ3) is 6.04. The number of hydrogen-bond acceptors (Lipinski definition) is 4. The molecule has 1 amide bonds. The summed E-state index contributed by atoms with van der Waals surface area (Å²) in [5.74, 6) is -1.06. The van der Waals surface area contributed by atoms with Gasteiger partial charge in [0.1, 0.15) is 18.1 Å². The number of rotatable bonds is 8. The van der Waals surface area contributed by atoms with Crippen LogP contribution in [0.25, 0.3) is 0 Å². The molecule has 0 atom stereocenters. The third-order valence-corrected chi connectivity index (χ3v) is 6.39. The van der Waals surface area contributed by atoms with E-state index in [1.165, 1.54) is 42.5 Å². The van der Waals surface area contributed by atoms with Crippen LogP contribution in [0.1, 0.15) is 12.5 Å². The van der Waals surface area contributed by atoms with Crippen LogP contribution >= 0.6 is 0 Å². The van der Waals surface area contributed by atoms with Crippen molar-refractivity contribution in [1.29, 1.82) is 0 Å². The maximum atomic E-state index is 13.4. The van der Waals surface area contributed by atoms with Gasteiger partial charge in [-0.05, 0) is 73.7 Å². The van der Waals surface area contributed by atoms with E-state index in [1.807, 2.05) is 0 Å². The number of anilines is 2. The Morgan fingerprint density at radius 2 is 1.65 bits per heavy atom. The van der Waals surface area contributed by atoms with Crippen molar-refractivity contribution < 1.29 is 35.5 Å². The van der Waals surface area contributed by atoms with Crippen LogP contribution in [0.4, 0.5) is 28.9 Å². The SMILES string of the molecule is CCOc1ccc(S(=O)(=O)N(CC(=O)Nc2cccc(C(F)(F)F)c2)c2ccc(F)cc2)cc1. The normalized spacial score (nSPS) is 11.7. The molecule has 0 aromatic heterocycles. The van der Waals surface area contributed by atoms with Gasteiger partial charge in [0.15, 0.2) is 0 Å². The molecule has 6 nitrogen and oxygen atoms in total. The number of nitrogens with zero attached hydrogens (tertiary/aromatic N) is 1. The number of ether oxygens (including phenoxy) is 1. The van der Waals surface area contributed by atoms with Gasteiger partial charge in [-0.1, -0.05) is 6.07 Å². The van der Waals surface area contributed by atoms with Crippen LogP contribution in [0.2, 0.25) is 0 Å². The summed E-state index contributed by atoms with van der Waals surface area (Å²) in [6, 6.07) is 13.8. The molecule has 0 bridgehead atoms. The lowest BCUT2D eigenvalue weighted by molar-refractivity contribution is -0.137. The lowest BCUT2D eigenvalue weighted by Crippen LogP contribution is -2.38. The van der Waals surface area contributed by atoms with Crippen molar-refractivity contribution in [2.75, 3.05) is 22.8 Å². The number of carbonyl (C=O) groups excluding carboxylic acids is 1. The molecule has 0 heterocycles. The van der Waals surface area contributed by atoms with Crippen LogP contribution in [-0.4, -0.2) is 27.5 Å². The van der Waals surface area contributed by atoms with Gasteiger partial charge in [0.2, 0.25) is 5.91 Å². The lowest BCUT2D eigenvalue weighted by Gasteiger charge is -2.24. The van der Waals surface area contributed by atoms with Crippen LogP contribution < -0.4 is 14.4 Å².